The van der Waals surface area contributed by atoms with Crippen molar-refractivity contribution in [1.82, 2.24) is 9.80 Å². The predicted octanol–water partition coefficient (Wildman–Crippen LogP) is 4.49. The van der Waals surface area contributed by atoms with Crippen LogP contribution >= 0.6 is 11.3 Å². The Labute approximate surface area is 199 Å². The van der Waals surface area contributed by atoms with Crippen molar-refractivity contribution in [2.45, 2.75) is 45.6 Å². The fourth-order valence-corrected chi connectivity index (χ4v) is 5.93. The van der Waals surface area contributed by atoms with Gasteiger partial charge in [-0.3, -0.25) is 14.4 Å². The molecule has 7 heteroatoms. The molecule has 1 fully saturated rings. The molecular formula is C26H32N2O4S. The number of rotatable bonds is 6. The topological polar surface area (TPSA) is 66.9 Å². The Morgan fingerprint density at radius 2 is 1.97 bits per heavy atom. The second kappa shape index (κ2) is 10.1. The van der Waals surface area contributed by atoms with Crippen molar-refractivity contribution in [2.24, 2.45) is 11.8 Å². The fraction of sp³-hybridized carbons (Fsp3) is 0.500. The van der Waals surface area contributed by atoms with E-state index in [1.807, 2.05) is 51.6 Å². The standard InChI is InChI=1S/C26H32N2O4S/c1-4-32-26(31)18-9-7-13-27(16-18)25(30)22-19-10-5-6-11-20(19)24(29)28(15-17(2)3)23(22)21-12-8-14-33-21/h5-6,8,10-12,14,17-18,22-23H,4,7,9,13,15-16H2,1-3H3/t18-,22-,23-/m1/s1. The van der Waals surface area contributed by atoms with Crippen LogP contribution in [0.5, 0.6) is 0 Å². The van der Waals surface area contributed by atoms with E-state index >= 15 is 0 Å². The van der Waals surface area contributed by atoms with Crippen LogP contribution in [0.1, 0.15) is 66.4 Å². The van der Waals surface area contributed by atoms with Crippen LogP contribution in [0.3, 0.4) is 0 Å². The summed E-state index contributed by atoms with van der Waals surface area (Å²) in [6.07, 6.45) is 1.50. The van der Waals surface area contributed by atoms with E-state index in [9.17, 15) is 14.4 Å². The number of benzene rings is 1. The largest absolute Gasteiger partial charge is 0.466 e. The monoisotopic (exact) mass is 468 g/mol. The van der Waals surface area contributed by atoms with Gasteiger partial charge in [0.15, 0.2) is 0 Å². The molecule has 33 heavy (non-hydrogen) atoms. The molecular weight excluding hydrogens is 436 g/mol. The molecule has 0 radical (unpaired) electrons. The number of likely N-dealkylation sites (tertiary alicyclic amines) is 1. The lowest BCUT2D eigenvalue weighted by molar-refractivity contribution is -0.151. The first-order valence-corrected chi connectivity index (χ1v) is 12.7. The fourth-order valence-electron chi connectivity index (χ4n) is 5.06. The minimum atomic E-state index is -0.503. The van der Waals surface area contributed by atoms with Crippen molar-refractivity contribution in [3.63, 3.8) is 0 Å². The first-order valence-electron chi connectivity index (χ1n) is 11.8. The summed E-state index contributed by atoms with van der Waals surface area (Å²) in [4.78, 5) is 44.8. The molecule has 2 aromatic rings. The van der Waals surface area contributed by atoms with Crippen LogP contribution in [0.4, 0.5) is 0 Å². The molecule has 0 saturated carbocycles. The zero-order chi connectivity index (χ0) is 23.5. The third-order valence-electron chi connectivity index (χ3n) is 6.45. The minimum Gasteiger partial charge on any atom is -0.466 e. The summed E-state index contributed by atoms with van der Waals surface area (Å²) in [6, 6.07) is 11.1. The third-order valence-corrected chi connectivity index (χ3v) is 7.40. The maximum atomic E-state index is 14.1. The van der Waals surface area contributed by atoms with Gasteiger partial charge in [-0.2, -0.15) is 0 Å². The first kappa shape index (κ1) is 23.5. The molecule has 2 amide bonds. The molecule has 0 N–H and O–H groups in total. The number of hydrogen-bond donors (Lipinski definition) is 0. The Balaban J connectivity index is 1.74. The summed E-state index contributed by atoms with van der Waals surface area (Å²) in [5.41, 5.74) is 1.38. The molecule has 0 bridgehead atoms. The van der Waals surface area contributed by atoms with Crippen molar-refractivity contribution >= 4 is 29.1 Å². The van der Waals surface area contributed by atoms with Crippen LogP contribution in [-0.4, -0.2) is 53.8 Å². The Kier molecular flexibility index (Phi) is 7.17. The Morgan fingerprint density at radius 3 is 2.67 bits per heavy atom. The van der Waals surface area contributed by atoms with Crippen LogP contribution in [0.2, 0.25) is 0 Å². The van der Waals surface area contributed by atoms with E-state index in [4.69, 9.17) is 4.74 Å². The van der Waals surface area contributed by atoms with E-state index in [1.54, 1.807) is 18.3 Å². The molecule has 176 valence electrons. The van der Waals surface area contributed by atoms with Crippen molar-refractivity contribution in [2.75, 3.05) is 26.2 Å². The molecule has 2 aliphatic heterocycles. The van der Waals surface area contributed by atoms with Crippen LogP contribution in [-0.2, 0) is 14.3 Å². The van der Waals surface area contributed by atoms with Gasteiger partial charge in [-0.05, 0) is 48.8 Å². The summed E-state index contributed by atoms with van der Waals surface area (Å²) >= 11 is 1.58. The second-order valence-corrected chi connectivity index (χ2v) is 10.2. The van der Waals surface area contributed by atoms with E-state index in [2.05, 4.69) is 13.8 Å². The molecule has 1 aromatic heterocycles. The predicted molar refractivity (Wildman–Crippen MR) is 128 cm³/mol. The van der Waals surface area contributed by atoms with Crippen molar-refractivity contribution in [1.29, 1.82) is 0 Å². The lowest BCUT2D eigenvalue weighted by atomic mass is 9.80. The summed E-state index contributed by atoms with van der Waals surface area (Å²) in [6.45, 7) is 7.87. The van der Waals surface area contributed by atoms with E-state index in [0.717, 1.165) is 23.3 Å². The maximum absolute atomic E-state index is 14.1. The molecule has 3 atom stereocenters. The minimum absolute atomic E-state index is 0.0175. The van der Waals surface area contributed by atoms with Crippen LogP contribution in [0.25, 0.3) is 0 Å². The molecule has 6 nitrogen and oxygen atoms in total. The average Bonchev–Trinajstić information content (AvgIpc) is 3.35. The van der Waals surface area contributed by atoms with Crippen molar-refractivity contribution in [3.05, 3.63) is 57.8 Å². The summed E-state index contributed by atoms with van der Waals surface area (Å²) in [5.74, 6) is -0.806. The van der Waals surface area contributed by atoms with Gasteiger partial charge in [0.05, 0.1) is 24.5 Å². The number of carbonyl (C=O) groups is 3. The first-order chi connectivity index (χ1) is 15.9. The van der Waals surface area contributed by atoms with Gasteiger partial charge < -0.3 is 14.5 Å². The van der Waals surface area contributed by atoms with Gasteiger partial charge in [0.2, 0.25) is 5.91 Å². The molecule has 0 spiro atoms. The molecule has 1 aromatic carbocycles. The number of esters is 1. The zero-order valence-electron chi connectivity index (χ0n) is 19.5. The summed E-state index contributed by atoms with van der Waals surface area (Å²) in [7, 11) is 0. The highest BCUT2D eigenvalue weighted by Crippen LogP contribution is 2.45. The molecule has 4 rings (SSSR count). The van der Waals surface area contributed by atoms with Crippen molar-refractivity contribution < 1.29 is 19.1 Å². The highest BCUT2D eigenvalue weighted by Gasteiger charge is 2.46. The van der Waals surface area contributed by atoms with Gasteiger partial charge in [0.25, 0.3) is 5.91 Å². The number of carbonyl (C=O) groups excluding carboxylic acids is 3. The van der Waals surface area contributed by atoms with Gasteiger partial charge in [0.1, 0.15) is 0 Å². The van der Waals surface area contributed by atoms with Gasteiger partial charge in [-0.25, -0.2) is 0 Å². The number of thiophene rings is 1. The van der Waals surface area contributed by atoms with E-state index in [0.29, 0.717) is 31.8 Å². The highest BCUT2D eigenvalue weighted by molar-refractivity contribution is 7.10. The number of fused-ring (bicyclic) bond motifs is 1. The SMILES string of the molecule is CCOC(=O)[C@@H]1CCCN(C(=O)[C@@H]2c3ccccc3C(=O)N(CC(C)C)[C@@H]2c2cccs2)C1. The van der Waals surface area contributed by atoms with Gasteiger partial charge in [-0.1, -0.05) is 38.1 Å². The number of amides is 2. The normalized spacial score (nSPS) is 22.9. The molecule has 0 unspecified atom stereocenters. The average molecular weight is 469 g/mol. The molecule has 3 heterocycles. The zero-order valence-corrected chi connectivity index (χ0v) is 20.3. The van der Waals surface area contributed by atoms with Gasteiger partial charge in [-0.15, -0.1) is 11.3 Å². The molecule has 1 saturated heterocycles. The number of ether oxygens (including phenoxy) is 1. The second-order valence-electron chi connectivity index (χ2n) is 9.25. The van der Waals surface area contributed by atoms with Crippen molar-refractivity contribution in [3.8, 4) is 0 Å². The van der Waals surface area contributed by atoms with Gasteiger partial charge >= 0.3 is 5.97 Å². The number of hydrogen-bond acceptors (Lipinski definition) is 5. The summed E-state index contributed by atoms with van der Waals surface area (Å²) in [5, 5.41) is 1.99. The Morgan fingerprint density at radius 1 is 1.18 bits per heavy atom. The number of piperidine rings is 1. The quantitative estimate of drug-likeness (QED) is 0.586. The van der Waals surface area contributed by atoms with Crippen LogP contribution in [0, 0.1) is 11.8 Å². The highest BCUT2D eigenvalue weighted by atomic mass is 32.1. The summed E-state index contributed by atoms with van der Waals surface area (Å²) < 4.78 is 5.24. The number of nitrogens with zero attached hydrogens (tertiary/aromatic N) is 2. The lowest BCUT2D eigenvalue weighted by Gasteiger charge is -2.44. The van der Waals surface area contributed by atoms with E-state index in [-0.39, 0.29) is 35.7 Å². The van der Waals surface area contributed by atoms with E-state index in [1.165, 1.54) is 0 Å². The van der Waals surface area contributed by atoms with Crippen LogP contribution in [0.15, 0.2) is 41.8 Å². The smallest absolute Gasteiger partial charge is 0.310 e. The molecule has 0 aliphatic carbocycles. The lowest BCUT2D eigenvalue weighted by Crippen LogP contribution is -2.51. The van der Waals surface area contributed by atoms with Gasteiger partial charge in [0, 0.05) is 30.1 Å². The molecule has 2 aliphatic rings. The van der Waals surface area contributed by atoms with Crippen LogP contribution < -0.4 is 0 Å². The Hall–Kier alpha value is -2.67. The third kappa shape index (κ3) is 4.69. The Bertz CT molecular complexity index is 1000. The van der Waals surface area contributed by atoms with E-state index < -0.39 is 5.92 Å². The maximum Gasteiger partial charge on any atom is 0.310 e.